The second-order valence-electron chi connectivity index (χ2n) is 8.47. The molecule has 4 atom stereocenters. The second kappa shape index (κ2) is 10.3. The molecule has 1 aromatic heterocycles. The zero-order valence-electron chi connectivity index (χ0n) is 18.9. The second-order valence-corrected chi connectivity index (χ2v) is 19.1. The summed E-state index contributed by atoms with van der Waals surface area (Å²) < 4.78 is 22.5. The van der Waals surface area contributed by atoms with E-state index in [1.54, 1.807) is 6.08 Å². The van der Waals surface area contributed by atoms with Gasteiger partial charge in [0.1, 0.15) is 0 Å². The van der Waals surface area contributed by atoms with E-state index in [1.165, 1.54) is 13.1 Å². The predicted octanol–water partition coefficient (Wildman–Crippen LogP) is 0.751. The molecule has 2 rings (SSSR count). The SMILES string of the molecule is CC(=O)OC[C@H]1O[C@@H](n2cc(/C=[CH]\[Ge]([CH3])([CH3])[CH3])c(=O)[nH]c2=O)[C@@H](OC(C)=O)[C@@H]1OC(C)=O. The van der Waals surface area contributed by atoms with Crippen molar-refractivity contribution in [2.45, 2.75) is 62.6 Å². The number of aromatic amines is 1. The molecule has 1 aromatic rings. The van der Waals surface area contributed by atoms with Crippen molar-refractivity contribution in [3.8, 4) is 0 Å². The third-order valence-corrected chi connectivity index (χ3v) is 6.82. The van der Waals surface area contributed by atoms with Crippen molar-refractivity contribution < 1.29 is 33.3 Å². The van der Waals surface area contributed by atoms with Crippen molar-refractivity contribution in [2.24, 2.45) is 0 Å². The van der Waals surface area contributed by atoms with Crippen LogP contribution in [0.1, 0.15) is 32.6 Å². The summed E-state index contributed by atoms with van der Waals surface area (Å²) in [5, 5.41) is 0. The Balaban J connectivity index is 2.54. The molecule has 0 aliphatic carbocycles. The molecule has 32 heavy (non-hydrogen) atoms. The van der Waals surface area contributed by atoms with E-state index in [2.05, 4.69) is 22.3 Å². The summed E-state index contributed by atoms with van der Waals surface area (Å²) in [5.74, 6) is 4.40. The van der Waals surface area contributed by atoms with Gasteiger partial charge >= 0.3 is 187 Å². The number of esters is 3. The fourth-order valence-corrected chi connectivity index (χ4v) is 4.49. The first kappa shape index (κ1) is 25.6. The van der Waals surface area contributed by atoms with Crippen LogP contribution >= 0.6 is 0 Å². The van der Waals surface area contributed by atoms with Gasteiger partial charge in [-0.05, 0) is 0 Å². The van der Waals surface area contributed by atoms with Gasteiger partial charge in [0.25, 0.3) is 0 Å². The number of ether oxygens (including phenoxy) is 4. The summed E-state index contributed by atoms with van der Waals surface area (Å²) in [6.07, 6.45) is -1.69. The van der Waals surface area contributed by atoms with E-state index in [4.69, 9.17) is 18.9 Å². The van der Waals surface area contributed by atoms with Crippen LogP contribution in [-0.2, 0) is 33.3 Å². The average molecular weight is 513 g/mol. The number of aromatic nitrogens is 2. The van der Waals surface area contributed by atoms with Crippen LogP contribution < -0.4 is 11.2 Å². The van der Waals surface area contributed by atoms with E-state index in [0.29, 0.717) is 0 Å². The van der Waals surface area contributed by atoms with Crippen LogP contribution in [0.2, 0.25) is 17.3 Å². The minimum atomic E-state index is -2.15. The van der Waals surface area contributed by atoms with Crippen LogP contribution in [-0.4, -0.2) is 65.6 Å². The molecule has 0 aromatic carbocycles. The maximum absolute atomic E-state index is 12.6. The summed E-state index contributed by atoms with van der Waals surface area (Å²) in [5.41, 5.74) is -1.17. The Morgan fingerprint density at radius 3 is 2.19 bits per heavy atom. The first-order valence-electron chi connectivity index (χ1n) is 9.96. The van der Waals surface area contributed by atoms with Crippen molar-refractivity contribution in [3.63, 3.8) is 0 Å². The summed E-state index contributed by atoms with van der Waals surface area (Å²) in [6, 6.07) is 0. The number of H-pyrrole nitrogens is 1. The third-order valence-electron chi connectivity index (χ3n) is 4.37. The molecule has 1 aliphatic rings. The first-order valence-corrected chi connectivity index (χ1v) is 17.5. The van der Waals surface area contributed by atoms with Gasteiger partial charge in [-0.15, -0.1) is 0 Å². The standard InChI is InChI=1S/C20H28GeN2O9/c1-11(24)29-10-15-16(30-12(2)25)17(31-13(3)26)19(32-15)23-9-14(7-8-21(4,5)6)18(27)22-20(23)28/h7-9,15-17,19H,10H2,1-6H3,(H,22,27,28)/b8-7-/t15-,16-,17+,19-/m1/s1. The van der Waals surface area contributed by atoms with E-state index in [9.17, 15) is 24.0 Å². The number of hydrogen-bond acceptors (Lipinski definition) is 9. The van der Waals surface area contributed by atoms with Gasteiger partial charge in [-0.2, -0.15) is 0 Å². The van der Waals surface area contributed by atoms with Crippen molar-refractivity contribution in [2.75, 3.05) is 6.61 Å². The van der Waals surface area contributed by atoms with Gasteiger partial charge in [0.2, 0.25) is 0 Å². The summed E-state index contributed by atoms with van der Waals surface area (Å²) in [6.45, 7) is 3.21. The molecule has 0 spiro atoms. The maximum atomic E-state index is 12.6. The predicted molar refractivity (Wildman–Crippen MR) is 115 cm³/mol. The molecule has 1 N–H and O–H groups in total. The normalized spacial score (nSPS) is 23.2. The van der Waals surface area contributed by atoms with Crippen molar-refractivity contribution in [1.82, 2.24) is 9.55 Å². The Morgan fingerprint density at radius 2 is 1.66 bits per heavy atom. The fraction of sp³-hybridized carbons (Fsp3) is 0.550. The molecule has 0 unspecified atom stereocenters. The summed E-state index contributed by atoms with van der Waals surface area (Å²) in [7, 11) is 0. The van der Waals surface area contributed by atoms with E-state index in [-0.39, 0.29) is 12.2 Å². The monoisotopic (exact) mass is 514 g/mol. The molecule has 1 fully saturated rings. The van der Waals surface area contributed by atoms with Gasteiger partial charge in [-0.1, -0.05) is 0 Å². The van der Waals surface area contributed by atoms with Crippen molar-refractivity contribution in [1.29, 1.82) is 0 Å². The van der Waals surface area contributed by atoms with Crippen molar-refractivity contribution >= 4 is 37.2 Å². The van der Waals surface area contributed by atoms with E-state index in [0.717, 1.165) is 18.4 Å². The number of nitrogens with one attached hydrogen (secondary N) is 1. The molecule has 1 saturated heterocycles. The first-order chi connectivity index (χ1) is 14.8. The van der Waals surface area contributed by atoms with E-state index < -0.39 is 67.0 Å². The molecular formula is C20H28GeN2O9. The van der Waals surface area contributed by atoms with Gasteiger partial charge in [0.05, 0.1) is 0 Å². The minimum absolute atomic E-state index is 0.211. The van der Waals surface area contributed by atoms with Gasteiger partial charge in [-0.25, -0.2) is 0 Å². The Bertz CT molecular complexity index is 1020. The van der Waals surface area contributed by atoms with Crippen LogP contribution in [0.5, 0.6) is 0 Å². The summed E-state index contributed by atoms with van der Waals surface area (Å²) in [4.78, 5) is 63.7. The third kappa shape index (κ3) is 6.92. The van der Waals surface area contributed by atoms with Crippen LogP contribution in [0.15, 0.2) is 20.7 Å². The van der Waals surface area contributed by atoms with Gasteiger partial charge < -0.3 is 0 Å². The Kier molecular flexibility index (Phi) is 8.24. The molecule has 176 valence electrons. The molecule has 0 saturated carbocycles. The van der Waals surface area contributed by atoms with Crippen molar-refractivity contribution in [3.05, 3.63) is 37.5 Å². The number of rotatable bonds is 7. The van der Waals surface area contributed by atoms with Gasteiger partial charge in [0, 0.05) is 0 Å². The molecular weight excluding hydrogens is 485 g/mol. The number of hydrogen-bond donors (Lipinski definition) is 1. The van der Waals surface area contributed by atoms with Crippen LogP contribution in [0.4, 0.5) is 0 Å². The van der Waals surface area contributed by atoms with E-state index >= 15 is 0 Å². The number of carbonyl (C=O) groups is 3. The van der Waals surface area contributed by atoms with Crippen LogP contribution in [0.25, 0.3) is 6.08 Å². The molecule has 12 heteroatoms. The molecule has 0 radical (unpaired) electrons. The van der Waals surface area contributed by atoms with E-state index in [1.807, 2.05) is 4.91 Å². The fourth-order valence-electron chi connectivity index (χ4n) is 3.07. The molecule has 2 heterocycles. The zero-order valence-corrected chi connectivity index (χ0v) is 21.0. The number of nitrogens with zero attached hydrogens (tertiary/aromatic N) is 1. The Morgan fingerprint density at radius 1 is 1.06 bits per heavy atom. The summed E-state index contributed by atoms with van der Waals surface area (Å²) >= 11 is -2.15. The number of carbonyl (C=O) groups excluding carboxylic acids is 3. The van der Waals surface area contributed by atoms with Gasteiger partial charge in [0.15, 0.2) is 0 Å². The van der Waals surface area contributed by atoms with Crippen LogP contribution in [0, 0.1) is 0 Å². The molecule has 0 bridgehead atoms. The molecule has 1 aliphatic heterocycles. The molecule has 0 amide bonds. The molecule has 11 nitrogen and oxygen atoms in total. The average Bonchev–Trinajstić information content (AvgIpc) is 2.94. The quantitative estimate of drug-likeness (QED) is 0.318. The van der Waals surface area contributed by atoms with Gasteiger partial charge in [-0.3, -0.25) is 0 Å². The zero-order chi connectivity index (χ0) is 24.2. The van der Waals surface area contributed by atoms with Crippen LogP contribution in [0.3, 0.4) is 0 Å². The Labute approximate surface area is 187 Å². The Hall–Kier alpha value is -2.67. The topological polar surface area (TPSA) is 143 Å².